The number of methoxy groups -OCH3 is 1. The van der Waals surface area contributed by atoms with Crippen LogP contribution in [0, 0.1) is 0 Å². The van der Waals surface area contributed by atoms with Crippen LogP contribution in [0.3, 0.4) is 0 Å². The van der Waals surface area contributed by atoms with Crippen LogP contribution in [-0.4, -0.2) is 39.5 Å². The maximum atomic E-state index is 5.43. The zero-order valence-corrected chi connectivity index (χ0v) is 9.84. The highest BCUT2D eigenvalue weighted by molar-refractivity contribution is 4.61. The fourth-order valence-electron chi connectivity index (χ4n) is 1.32. The topological polar surface area (TPSA) is 30.5 Å². The molecule has 0 fully saturated rings. The number of nitrogens with one attached hydrogen (secondary N) is 1. The van der Waals surface area contributed by atoms with Gasteiger partial charge in [0.25, 0.3) is 0 Å². The molecule has 0 rings (SSSR count). The van der Waals surface area contributed by atoms with Gasteiger partial charge in [-0.25, -0.2) is 0 Å². The Morgan fingerprint density at radius 1 is 1.07 bits per heavy atom. The van der Waals surface area contributed by atoms with Gasteiger partial charge in [-0.1, -0.05) is 13.8 Å². The summed E-state index contributed by atoms with van der Waals surface area (Å²) in [5, 5.41) is 3.45. The van der Waals surface area contributed by atoms with Crippen LogP contribution in [-0.2, 0) is 9.47 Å². The zero-order chi connectivity index (χ0) is 10.6. The van der Waals surface area contributed by atoms with Gasteiger partial charge in [-0.3, -0.25) is 0 Å². The first-order valence-electron chi connectivity index (χ1n) is 5.65. The first kappa shape index (κ1) is 13.9. The Bertz CT molecular complexity index is 105. The third-order valence-electron chi connectivity index (χ3n) is 2.30. The highest BCUT2D eigenvalue weighted by atomic mass is 16.5. The summed E-state index contributed by atoms with van der Waals surface area (Å²) in [4.78, 5) is 0. The maximum absolute atomic E-state index is 5.43. The molecule has 1 N–H and O–H groups in total. The zero-order valence-electron chi connectivity index (χ0n) is 9.84. The maximum Gasteiger partial charge on any atom is 0.0591 e. The molecule has 0 aliphatic carbocycles. The van der Waals surface area contributed by atoms with Crippen molar-refractivity contribution in [1.82, 2.24) is 5.32 Å². The smallest absolute Gasteiger partial charge is 0.0591 e. The molecule has 0 bridgehead atoms. The van der Waals surface area contributed by atoms with Gasteiger partial charge in [0.05, 0.1) is 6.61 Å². The summed E-state index contributed by atoms with van der Waals surface area (Å²) in [7, 11) is 1.72. The summed E-state index contributed by atoms with van der Waals surface area (Å²) in [6, 6.07) is 0.651. The third kappa shape index (κ3) is 8.48. The minimum Gasteiger partial charge on any atom is -0.385 e. The van der Waals surface area contributed by atoms with Gasteiger partial charge in [0, 0.05) is 32.9 Å². The van der Waals surface area contributed by atoms with E-state index >= 15 is 0 Å². The molecular weight excluding hydrogens is 178 g/mol. The lowest BCUT2D eigenvalue weighted by Crippen LogP contribution is -2.30. The van der Waals surface area contributed by atoms with Crippen LogP contribution in [0.2, 0.25) is 0 Å². The van der Waals surface area contributed by atoms with Crippen molar-refractivity contribution in [3.05, 3.63) is 0 Å². The second kappa shape index (κ2) is 11.0. The van der Waals surface area contributed by atoms with E-state index in [1.165, 1.54) is 12.8 Å². The van der Waals surface area contributed by atoms with E-state index in [-0.39, 0.29) is 0 Å². The standard InChI is InChI=1S/C11H25NO2/c1-4-11(5-2)12-7-10-14-9-6-8-13-3/h11-12H,4-10H2,1-3H3. The molecule has 0 aromatic carbocycles. The van der Waals surface area contributed by atoms with Crippen LogP contribution in [0.25, 0.3) is 0 Å². The number of hydrogen-bond donors (Lipinski definition) is 1. The summed E-state index contributed by atoms with van der Waals surface area (Å²) < 4.78 is 10.4. The lowest BCUT2D eigenvalue weighted by atomic mass is 10.2. The molecule has 3 heteroatoms. The molecule has 0 unspecified atom stereocenters. The van der Waals surface area contributed by atoms with Crippen LogP contribution in [0.1, 0.15) is 33.1 Å². The summed E-state index contributed by atoms with van der Waals surface area (Å²) in [5.74, 6) is 0. The summed E-state index contributed by atoms with van der Waals surface area (Å²) in [6.07, 6.45) is 3.38. The molecule has 0 aromatic rings. The fraction of sp³-hybridized carbons (Fsp3) is 1.00. The second-order valence-corrected chi connectivity index (χ2v) is 3.43. The second-order valence-electron chi connectivity index (χ2n) is 3.43. The van der Waals surface area contributed by atoms with E-state index in [4.69, 9.17) is 9.47 Å². The molecule has 0 saturated heterocycles. The molecule has 0 aliphatic heterocycles. The van der Waals surface area contributed by atoms with Gasteiger partial charge >= 0.3 is 0 Å². The molecule has 0 atom stereocenters. The van der Waals surface area contributed by atoms with Crippen molar-refractivity contribution in [3.63, 3.8) is 0 Å². The Morgan fingerprint density at radius 2 is 1.79 bits per heavy atom. The first-order chi connectivity index (χ1) is 6.85. The first-order valence-corrected chi connectivity index (χ1v) is 5.65. The van der Waals surface area contributed by atoms with Crippen LogP contribution in [0.5, 0.6) is 0 Å². The average Bonchev–Trinajstić information content (AvgIpc) is 2.22. The third-order valence-corrected chi connectivity index (χ3v) is 2.30. The quantitative estimate of drug-likeness (QED) is 0.549. The van der Waals surface area contributed by atoms with Crippen molar-refractivity contribution in [1.29, 1.82) is 0 Å². The summed E-state index contributed by atoms with van der Waals surface area (Å²) >= 11 is 0. The van der Waals surface area contributed by atoms with E-state index < -0.39 is 0 Å². The molecule has 0 aliphatic rings. The normalized spacial score (nSPS) is 11.1. The summed E-state index contributed by atoms with van der Waals surface area (Å²) in [5.41, 5.74) is 0. The van der Waals surface area contributed by atoms with E-state index in [1.54, 1.807) is 7.11 Å². The highest BCUT2D eigenvalue weighted by Gasteiger charge is 2.00. The number of rotatable bonds is 10. The highest BCUT2D eigenvalue weighted by Crippen LogP contribution is 1.94. The van der Waals surface area contributed by atoms with Crippen molar-refractivity contribution in [2.45, 2.75) is 39.2 Å². The molecule has 14 heavy (non-hydrogen) atoms. The molecule has 0 aromatic heterocycles. The lowest BCUT2D eigenvalue weighted by Gasteiger charge is -2.14. The Hall–Kier alpha value is -0.120. The van der Waals surface area contributed by atoms with Crippen molar-refractivity contribution in [3.8, 4) is 0 Å². The van der Waals surface area contributed by atoms with E-state index in [1.807, 2.05) is 0 Å². The molecule has 0 spiro atoms. The Morgan fingerprint density at radius 3 is 2.36 bits per heavy atom. The summed E-state index contributed by atoms with van der Waals surface area (Å²) in [6.45, 7) is 7.78. The van der Waals surface area contributed by atoms with E-state index in [0.717, 1.165) is 32.8 Å². The van der Waals surface area contributed by atoms with Crippen LogP contribution < -0.4 is 5.32 Å². The largest absolute Gasteiger partial charge is 0.385 e. The Balaban J connectivity index is 3.04. The van der Waals surface area contributed by atoms with Crippen LogP contribution in [0.4, 0.5) is 0 Å². The number of hydrogen-bond acceptors (Lipinski definition) is 3. The SMILES string of the molecule is CCC(CC)NCCOCCCOC. The van der Waals surface area contributed by atoms with E-state index in [9.17, 15) is 0 Å². The molecule has 0 saturated carbocycles. The van der Waals surface area contributed by atoms with Gasteiger partial charge in [0.15, 0.2) is 0 Å². The molecule has 86 valence electrons. The molecule has 3 nitrogen and oxygen atoms in total. The van der Waals surface area contributed by atoms with Gasteiger partial charge in [-0.2, -0.15) is 0 Å². The van der Waals surface area contributed by atoms with Crippen molar-refractivity contribution in [2.24, 2.45) is 0 Å². The van der Waals surface area contributed by atoms with E-state index in [2.05, 4.69) is 19.2 Å². The molecule has 0 radical (unpaired) electrons. The molecular formula is C11H25NO2. The van der Waals surface area contributed by atoms with Crippen LogP contribution in [0.15, 0.2) is 0 Å². The predicted molar refractivity (Wildman–Crippen MR) is 59.7 cm³/mol. The molecule has 0 heterocycles. The monoisotopic (exact) mass is 203 g/mol. The van der Waals surface area contributed by atoms with Gasteiger partial charge < -0.3 is 14.8 Å². The average molecular weight is 203 g/mol. The predicted octanol–water partition coefficient (Wildman–Crippen LogP) is 1.82. The number of ether oxygens (including phenoxy) is 2. The Labute approximate surface area is 88.2 Å². The lowest BCUT2D eigenvalue weighted by molar-refractivity contribution is 0.103. The minimum atomic E-state index is 0.651. The van der Waals surface area contributed by atoms with E-state index in [0.29, 0.717) is 6.04 Å². The van der Waals surface area contributed by atoms with Crippen molar-refractivity contribution >= 4 is 0 Å². The van der Waals surface area contributed by atoms with Gasteiger partial charge in [0.2, 0.25) is 0 Å². The van der Waals surface area contributed by atoms with Gasteiger partial charge in [-0.05, 0) is 19.3 Å². The Kier molecular flexibility index (Phi) is 10.9. The minimum absolute atomic E-state index is 0.651. The van der Waals surface area contributed by atoms with Gasteiger partial charge in [0.1, 0.15) is 0 Å². The van der Waals surface area contributed by atoms with Gasteiger partial charge in [-0.15, -0.1) is 0 Å². The van der Waals surface area contributed by atoms with Crippen LogP contribution >= 0.6 is 0 Å². The molecule has 0 amide bonds. The van der Waals surface area contributed by atoms with Crippen molar-refractivity contribution in [2.75, 3.05) is 33.5 Å². The fourth-order valence-corrected chi connectivity index (χ4v) is 1.32. The van der Waals surface area contributed by atoms with Crippen molar-refractivity contribution < 1.29 is 9.47 Å².